The largest absolute Gasteiger partial charge is 0.204 e. The van der Waals surface area contributed by atoms with E-state index in [9.17, 15) is 8.78 Å². The molecule has 3 atom stereocenters. The number of hydrogen-bond acceptors (Lipinski definition) is 0. The molecule has 1 fully saturated rings. The average molecular weight is 341 g/mol. The Balaban J connectivity index is 1.77. The SMILES string of the molecule is [2H]C1C[C@H](CCC)CC([2H])([2H])[C@H]1c1ccc(C#Cc2ccc(F)c(F)c2)cc1. The lowest BCUT2D eigenvalue weighted by Gasteiger charge is -2.28. The molecule has 130 valence electrons. The summed E-state index contributed by atoms with van der Waals surface area (Å²) < 4.78 is 51.7. The molecule has 0 spiro atoms. The van der Waals surface area contributed by atoms with Crippen LogP contribution in [-0.4, -0.2) is 0 Å². The predicted octanol–water partition coefficient (Wildman–Crippen LogP) is 6.44. The van der Waals surface area contributed by atoms with E-state index in [1.165, 1.54) is 6.07 Å². The highest BCUT2D eigenvalue weighted by molar-refractivity contribution is 5.44. The highest BCUT2D eigenvalue weighted by atomic mass is 19.2. The van der Waals surface area contributed by atoms with Gasteiger partial charge in [0.25, 0.3) is 0 Å². The lowest BCUT2D eigenvalue weighted by atomic mass is 9.77. The van der Waals surface area contributed by atoms with Gasteiger partial charge in [-0.15, -0.1) is 0 Å². The van der Waals surface area contributed by atoms with Crippen molar-refractivity contribution in [3.8, 4) is 11.8 Å². The normalized spacial score (nSPS) is 26.7. The molecule has 0 bridgehead atoms. The van der Waals surface area contributed by atoms with Gasteiger partial charge in [-0.05, 0) is 73.3 Å². The number of halogens is 2. The van der Waals surface area contributed by atoms with Gasteiger partial charge in [-0.2, -0.15) is 0 Å². The first-order chi connectivity index (χ1) is 13.3. The fourth-order valence-corrected chi connectivity index (χ4v) is 3.16. The Kier molecular flexibility index (Phi) is 4.67. The quantitative estimate of drug-likeness (QED) is 0.564. The van der Waals surface area contributed by atoms with E-state index >= 15 is 0 Å². The van der Waals surface area contributed by atoms with Crippen molar-refractivity contribution >= 4 is 0 Å². The molecule has 0 heterocycles. The Morgan fingerprint density at radius 2 is 1.72 bits per heavy atom. The van der Waals surface area contributed by atoms with E-state index in [2.05, 4.69) is 18.8 Å². The van der Waals surface area contributed by atoms with Crippen LogP contribution in [-0.2, 0) is 0 Å². The van der Waals surface area contributed by atoms with Crippen molar-refractivity contribution in [1.82, 2.24) is 0 Å². The minimum Gasteiger partial charge on any atom is -0.204 e. The molecule has 1 aliphatic rings. The maximum absolute atomic E-state index is 13.3. The maximum Gasteiger partial charge on any atom is 0.160 e. The van der Waals surface area contributed by atoms with Crippen LogP contribution >= 0.6 is 0 Å². The van der Waals surface area contributed by atoms with Crippen LogP contribution in [0.4, 0.5) is 8.78 Å². The lowest BCUT2D eigenvalue weighted by molar-refractivity contribution is 0.308. The summed E-state index contributed by atoms with van der Waals surface area (Å²) in [5.74, 6) is 3.72. The minimum absolute atomic E-state index is 0.278. The van der Waals surface area contributed by atoms with E-state index in [1.54, 1.807) is 12.1 Å². The second-order valence-electron chi connectivity index (χ2n) is 6.51. The molecule has 25 heavy (non-hydrogen) atoms. The van der Waals surface area contributed by atoms with Gasteiger partial charge in [-0.25, -0.2) is 8.78 Å². The summed E-state index contributed by atoms with van der Waals surface area (Å²) in [7, 11) is 0. The summed E-state index contributed by atoms with van der Waals surface area (Å²) in [6.07, 6.45) is 1.36. The molecule has 0 N–H and O–H groups in total. The van der Waals surface area contributed by atoms with Crippen molar-refractivity contribution in [1.29, 1.82) is 0 Å². The average Bonchev–Trinajstić information content (AvgIpc) is 2.63. The predicted molar refractivity (Wildman–Crippen MR) is 98.4 cm³/mol. The zero-order valence-corrected chi connectivity index (χ0v) is 14.4. The molecule has 0 amide bonds. The standard InChI is InChI=1S/C23H24F2/c1-2-3-17-6-11-20(12-7-17)21-13-8-18(9-14-21)4-5-19-10-15-22(24)23(25)16-19/h8-10,13-17,20H,2-3,6-7,11-12H2,1H3/t17-,20-/i11D,12D2/t11?,17-,20-/m0/s1. The second-order valence-corrected chi connectivity index (χ2v) is 6.51. The fourth-order valence-electron chi connectivity index (χ4n) is 3.16. The van der Waals surface area contributed by atoms with E-state index < -0.39 is 30.3 Å². The first-order valence-electron chi connectivity index (χ1n) is 10.4. The third-order valence-electron chi connectivity index (χ3n) is 4.57. The summed E-state index contributed by atoms with van der Waals surface area (Å²) in [4.78, 5) is 0. The van der Waals surface area contributed by atoms with E-state index in [4.69, 9.17) is 4.11 Å². The number of benzene rings is 2. The third-order valence-corrected chi connectivity index (χ3v) is 4.57. The monoisotopic (exact) mass is 341 g/mol. The molecule has 3 rings (SSSR count). The van der Waals surface area contributed by atoms with Crippen LogP contribution in [0.25, 0.3) is 0 Å². The van der Waals surface area contributed by atoms with Crippen molar-refractivity contribution in [2.45, 2.75) is 51.3 Å². The van der Waals surface area contributed by atoms with Gasteiger partial charge in [-0.3, -0.25) is 0 Å². The number of hydrogen-bond donors (Lipinski definition) is 0. The zero-order chi connectivity index (χ0) is 20.3. The highest BCUT2D eigenvalue weighted by Gasteiger charge is 2.21. The Labute approximate surface area is 153 Å². The molecule has 1 unspecified atom stereocenters. The third kappa shape index (κ3) is 4.69. The Hall–Kier alpha value is -2.14. The van der Waals surface area contributed by atoms with Crippen LogP contribution in [0, 0.1) is 29.4 Å². The van der Waals surface area contributed by atoms with Crippen LogP contribution in [0.15, 0.2) is 42.5 Å². The van der Waals surface area contributed by atoms with Crippen molar-refractivity contribution in [2.75, 3.05) is 0 Å². The Bertz CT molecular complexity index is 881. The van der Waals surface area contributed by atoms with Crippen molar-refractivity contribution < 1.29 is 12.9 Å². The van der Waals surface area contributed by atoms with Crippen molar-refractivity contribution in [3.05, 3.63) is 70.8 Å². The van der Waals surface area contributed by atoms with Crippen LogP contribution in [0.5, 0.6) is 0 Å². The molecule has 2 aromatic rings. The topological polar surface area (TPSA) is 0 Å². The molecule has 1 saturated carbocycles. The smallest absolute Gasteiger partial charge is 0.160 e. The molecule has 0 nitrogen and oxygen atoms in total. The van der Waals surface area contributed by atoms with Gasteiger partial charge >= 0.3 is 0 Å². The van der Waals surface area contributed by atoms with Gasteiger partial charge in [0, 0.05) is 15.2 Å². The fraction of sp³-hybridized carbons (Fsp3) is 0.391. The summed E-state index contributed by atoms with van der Waals surface area (Å²) >= 11 is 0. The Morgan fingerprint density at radius 3 is 2.40 bits per heavy atom. The second kappa shape index (κ2) is 8.30. The van der Waals surface area contributed by atoms with Gasteiger partial charge in [0.15, 0.2) is 11.6 Å². The summed E-state index contributed by atoms with van der Waals surface area (Å²) in [6, 6.07) is 10.8. The van der Waals surface area contributed by atoms with Crippen molar-refractivity contribution in [3.63, 3.8) is 0 Å². The first-order valence-corrected chi connectivity index (χ1v) is 8.79. The maximum atomic E-state index is 13.3. The van der Waals surface area contributed by atoms with Crippen LogP contribution < -0.4 is 0 Å². The van der Waals surface area contributed by atoms with Crippen LogP contribution in [0.3, 0.4) is 0 Å². The van der Waals surface area contributed by atoms with Gasteiger partial charge in [0.2, 0.25) is 0 Å². The molecule has 1 aliphatic carbocycles. The molecular formula is C23H24F2. The van der Waals surface area contributed by atoms with Crippen molar-refractivity contribution in [2.24, 2.45) is 5.92 Å². The molecule has 2 heteroatoms. The molecular weight excluding hydrogens is 314 g/mol. The molecule has 0 saturated heterocycles. The van der Waals surface area contributed by atoms with Gasteiger partial charge in [0.1, 0.15) is 0 Å². The summed E-state index contributed by atoms with van der Waals surface area (Å²) in [5.41, 5.74) is 1.91. The van der Waals surface area contributed by atoms with E-state index in [-0.39, 0.29) is 5.92 Å². The van der Waals surface area contributed by atoms with Crippen LogP contribution in [0.2, 0.25) is 0 Å². The summed E-state index contributed by atoms with van der Waals surface area (Å²) in [5, 5.41) is 0. The van der Waals surface area contributed by atoms with E-state index in [0.29, 0.717) is 17.5 Å². The highest BCUT2D eigenvalue weighted by Crippen LogP contribution is 2.37. The lowest BCUT2D eigenvalue weighted by Crippen LogP contribution is -2.13. The van der Waals surface area contributed by atoms with Gasteiger partial charge < -0.3 is 0 Å². The van der Waals surface area contributed by atoms with Gasteiger partial charge in [-0.1, -0.05) is 43.7 Å². The molecule has 0 aliphatic heterocycles. The molecule has 0 aromatic heterocycles. The van der Waals surface area contributed by atoms with Crippen LogP contribution in [0.1, 0.15) is 72.1 Å². The van der Waals surface area contributed by atoms with E-state index in [1.807, 2.05) is 12.1 Å². The zero-order valence-electron chi connectivity index (χ0n) is 17.4. The van der Waals surface area contributed by atoms with E-state index in [0.717, 1.165) is 37.0 Å². The first kappa shape index (κ1) is 14.1. The minimum atomic E-state index is -1.40. The van der Waals surface area contributed by atoms with Gasteiger partial charge in [0.05, 0.1) is 0 Å². The Morgan fingerprint density at radius 1 is 1.00 bits per heavy atom. The molecule has 0 radical (unpaired) electrons. The molecule has 2 aromatic carbocycles. The number of rotatable bonds is 3. The summed E-state index contributed by atoms with van der Waals surface area (Å²) in [6.45, 7) is 2.10.